The second kappa shape index (κ2) is 7.72. The number of rotatable bonds is 6. The summed E-state index contributed by atoms with van der Waals surface area (Å²) < 4.78 is 0. The van der Waals surface area contributed by atoms with Gasteiger partial charge in [0.15, 0.2) is 0 Å². The van der Waals surface area contributed by atoms with Gasteiger partial charge in [-0.05, 0) is 30.9 Å². The predicted octanol–water partition coefficient (Wildman–Crippen LogP) is 3.88. The van der Waals surface area contributed by atoms with Crippen molar-refractivity contribution in [2.24, 2.45) is 5.92 Å². The van der Waals surface area contributed by atoms with Crippen LogP contribution in [0.25, 0.3) is 0 Å². The Balaban J connectivity index is 2.33. The molecule has 1 atom stereocenters. The molecule has 0 spiro atoms. The number of carbonyl (C=O) groups excluding carboxylic acids is 1. The van der Waals surface area contributed by atoms with Crippen molar-refractivity contribution < 1.29 is 4.79 Å². The van der Waals surface area contributed by atoms with Gasteiger partial charge in [-0.1, -0.05) is 46.6 Å². The van der Waals surface area contributed by atoms with Crippen LogP contribution in [-0.4, -0.2) is 17.8 Å². The van der Waals surface area contributed by atoms with Gasteiger partial charge in [-0.15, -0.1) is 0 Å². The van der Waals surface area contributed by atoms with Crippen molar-refractivity contribution in [3.05, 3.63) is 34.9 Å². The molecule has 0 aliphatic heterocycles. The molecule has 0 fully saturated rings. The van der Waals surface area contributed by atoms with Gasteiger partial charge in [0, 0.05) is 11.9 Å². The summed E-state index contributed by atoms with van der Waals surface area (Å²) in [7, 11) is 0. The van der Waals surface area contributed by atoms with Crippen molar-refractivity contribution in [2.45, 2.75) is 19.8 Å². The van der Waals surface area contributed by atoms with Crippen molar-refractivity contribution in [1.82, 2.24) is 5.32 Å². The van der Waals surface area contributed by atoms with E-state index in [0.717, 1.165) is 18.2 Å². The summed E-state index contributed by atoms with van der Waals surface area (Å²) in [4.78, 5) is 11.8. The van der Waals surface area contributed by atoms with Crippen LogP contribution in [0.2, 0.25) is 5.02 Å². The molecule has 2 nitrogen and oxygen atoms in total. The van der Waals surface area contributed by atoms with Gasteiger partial charge in [0.2, 0.25) is 0 Å². The normalized spacial score (nSPS) is 12.2. The number of amides is 1. The van der Waals surface area contributed by atoms with Crippen LogP contribution in [0, 0.1) is 5.92 Å². The molecule has 1 rings (SSSR count). The van der Waals surface area contributed by atoms with Crippen molar-refractivity contribution >= 4 is 33.4 Å². The van der Waals surface area contributed by atoms with Crippen molar-refractivity contribution in [3.8, 4) is 0 Å². The maximum absolute atomic E-state index is 11.8. The molecule has 0 bridgehead atoms. The lowest BCUT2D eigenvalue weighted by atomic mass is 10.1. The summed E-state index contributed by atoms with van der Waals surface area (Å²) in [5.74, 6) is 0.550. The first-order valence-electron chi connectivity index (χ1n) is 5.74. The Hall–Kier alpha value is -0.540. The van der Waals surface area contributed by atoms with Gasteiger partial charge in [0.1, 0.15) is 0 Å². The van der Waals surface area contributed by atoms with Crippen molar-refractivity contribution in [1.29, 1.82) is 0 Å². The minimum atomic E-state index is -0.0953. The molecular weight excluding hydrogens is 302 g/mol. The highest BCUT2D eigenvalue weighted by Gasteiger charge is 2.08. The van der Waals surface area contributed by atoms with Crippen LogP contribution < -0.4 is 5.32 Å². The van der Waals surface area contributed by atoms with E-state index in [-0.39, 0.29) is 5.91 Å². The highest BCUT2D eigenvalue weighted by molar-refractivity contribution is 9.09. The van der Waals surface area contributed by atoms with E-state index in [1.165, 1.54) is 0 Å². The largest absolute Gasteiger partial charge is 0.352 e. The second-order valence-corrected chi connectivity index (χ2v) is 5.19. The Morgan fingerprint density at radius 2 is 2.18 bits per heavy atom. The molecule has 0 aliphatic carbocycles. The molecule has 1 N–H and O–H groups in total. The van der Waals surface area contributed by atoms with Crippen LogP contribution in [-0.2, 0) is 0 Å². The maximum Gasteiger partial charge on any atom is 0.252 e. The van der Waals surface area contributed by atoms with E-state index in [0.29, 0.717) is 23.0 Å². The summed E-state index contributed by atoms with van der Waals surface area (Å²) in [6, 6.07) is 7.09. The van der Waals surface area contributed by atoms with Gasteiger partial charge in [0.05, 0.1) is 10.6 Å². The van der Waals surface area contributed by atoms with E-state index in [2.05, 4.69) is 28.2 Å². The molecule has 1 aromatic rings. The van der Waals surface area contributed by atoms with E-state index in [1.54, 1.807) is 12.1 Å². The number of alkyl halides is 1. The summed E-state index contributed by atoms with van der Waals surface area (Å²) in [6.07, 6.45) is 2.09. The van der Waals surface area contributed by atoms with Gasteiger partial charge < -0.3 is 5.32 Å². The molecule has 0 heterocycles. The zero-order chi connectivity index (χ0) is 12.7. The fourth-order valence-electron chi connectivity index (χ4n) is 1.47. The van der Waals surface area contributed by atoms with Gasteiger partial charge in [0.25, 0.3) is 5.91 Å². The standard InChI is InChI=1S/C13H17BrClNO/c1-10(9-14)5-4-8-16-13(17)11-6-2-3-7-12(11)15/h2-3,6-7,10H,4-5,8-9H2,1H3,(H,16,17). The minimum absolute atomic E-state index is 0.0953. The number of nitrogens with one attached hydrogen (secondary N) is 1. The maximum atomic E-state index is 11.8. The SMILES string of the molecule is CC(CBr)CCCNC(=O)c1ccccc1Cl. The average molecular weight is 319 g/mol. The third kappa shape index (κ3) is 5.09. The molecule has 0 aliphatic rings. The number of halogens is 2. The first-order chi connectivity index (χ1) is 8.15. The quantitative estimate of drug-likeness (QED) is 0.626. The molecule has 0 saturated heterocycles. The molecule has 0 saturated carbocycles. The zero-order valence-electron chi connectivity index (χ0n) is 9.88. The summed E-state index contributed by atoms with van der Waals surface area (Å²) in [5.41, 5.74) is 0.544. The zero-order valence-corrected chi connectivity index (χ0v) is 12.2. The van der Waals surface area contributed by atoms with E-state index in [4.69, 9.17) is 11.6 Å². The van der Waals surface area contributed by atoms with Crippen LogP contribution in [0.15, 0.2) is 24.3 Å². The van der Waals surface area contributed by atoms with Crippen LogP contribution in [0.3, 0.4) is 0 Å². The molecule has 17 heavy (non-hydrogen) atoms. The second-order valence-electron chi connectivity index (χ2n) is 4.14. The number of hydrogen-bond acceptors (Lipinski definition) is 1. The van der Waals surface area contributed by atoms with E-state index in [1.807, 2.05) is 12.1 Å². The predicted molar refractivity (Wildman–Crippen MR) is 76.0 cm³/mol. The summed E-state index contributed by atoms with van der Waals surface area (Å²) in [6.45, 7) is 2.88. The minimum Gasteiger partial charge on any atom is -0.352 e. The van der Waals surface area contributed by atoms with E-state index in [9.17, 15) is 4.79 Å². The van der Waals surface area contributed by atoms with Crippen LogP contribution in [0.4, 0.5) is 0 Å². The van der Waals surface area contributed by atoms with Gasteiger partial charge in [-0.2, -0.15) is 0 Å². The molecule has 0 aromatic heterocycles. The molecule has 1 amide bonds. The Labute approximate surface area is 116 Å². The molecular formula is C13H17BrClNO. The molecule has 0 radical (unpaired) electrons. The Bertz CT molecular complexity index is 370. The molecule has 1 unspecified atom stereocenters. The third-order valence-electron chi connectivity index (χ3n) is 2.54. The lowest BCUT2D eigenvalue weighted by Crippen LogP contribution is -2.25. The van der Waals surface area contributed by atoms with Crippen LogP contribution >= 0.6 is 27.5 Å². The van der Waals surface area contributed by atoms with E-state index >= 15 is 0 Å². The lowest BCUT2D eigenvalue weighted by Gasteiger charge is -2.09. The summed E-state index contributed by atoms with van der Waals surface area (Å²) >= 11 is 9.38. The molecule has 94 valence electrons. The highest BCUT2D eigenvalue weighted by atomic mass is 79.9. The molecule has 4 heteroatoms. The monoisotopic (exact) mass is 317 g/mol. The lowest BCUT2D eigenvalue weighted by molar-refractivity contribution is 0.0952. The van der Waals surface area contributed by atoms with Gasteiger partial charge in [-0.25, -0.2) is 0 Å². The Morgan fingerprint density at radius 3 is 2.82 bits per heavy atom. The fourth-order valence-corrected chi connectivity index (χ4v) is 2.02. The average Bonchev–Trinajstić information content (AvgIpc) is 2.34. The van der Waals surface area contributed by atoms with Crippen molar-refractivity contribution in [2.75, 3.05) is 11.9 Å². The number of hydrogen-bond donors (Lipinski definition) is 1. The highest BCUT2D eigenvalue weighted by Crippen LogP contribution is 2.14. The van der Waals surface area contributed by atoms with Gasteiger partial charge >= 0.3 is 0 Å². The summed E-state index contributed by atoms with van der Waals surface area (Å²) in [5, 5.41) is 4.38. The fraction of sp³-hybridized carbons (Fsp3) is 0.462. The third-order valence-corrected chi connectivity index (χ3v) is 3.98. The first-order valence-corrected chi connectivity index (χ1v) is 7.23. The molecule has 1 aromatic carbocycles. The topological polar surface area (TPSA) is 29.1 Å². The number of carbonyl (C=O) groups is 1. The van der Waals surface area contributed by atoms with Crippen LogP contribution in [0.5, 0.6) is 0 Å². The number of benzene rings is 1. The van der Waals surface area contributed by atoms with Gasteiger partial charge in [-0.3, -0.25) is 4.79 Å². The Kier molecular flexibility index (Phi) is 6.60. The smallest absolute Gasteiger partial charge is 0.252 e. The Morgan fingerprint density at radius 1 is 1.47 bits per heavy atom. The van der Waals surface area contributed by atoms with E-state index < -0.39 is 0 Å². The van der Waals surface area contributed by atoms with Crippen LogP contribution in [0.1, 0.15) is 30.1 Å². The van der Waals surface area contributed by atoms with Crippen molar-refractivity contribution in [3.63, 3.8) is 0 Å². The first kappa shape index (κ1) is 14.5.